The van der Waals surface area contributed by atoms with Crippen LogP contribution in [-0.2, 0) is 0 Å². The van der Waals surface area contributed by atoms with Crippen LogP contribution in [0.2, 0.25) is 0 Å². The van der Waals surface area contributed by atoms with Gasteiger partial charge >= 0.3 is 0 Å². The van der Waals surface area contributed by atoms with Crippen LogP contribution in [0, 0.1) is 5.92 Å². The molecule has 1 aliphatic rings. The molecular formula is C9H13ClN. The van der Waals surface area contributed by atoms with Crippen LogP contribution in [-0.4, -0.2) is 6.54 Å². The second-order valence-electron chi connectivity index (χ2n) is 3.00. The van der Waals surface area contributed by atoms with E-state index in [0.717, 1.165) is 11.6 Å². The third-order valence-electron chi connectivity index (χ3n) is 1.70. The molecule has 0 aromatic heterocycles. The zero-order valence-electron chi connectivity index (χ0n) is 7.16. The number of rotatable bonds is 1. The summed E-state index contributed by atoms with van der Waals surface area (Å²) >= 11 is 5.84. The Kier molecular flexibility index (Phi) is 2.61. The van der Waals surface area contributed by atoms with E-state index >= 15 is 0 Å². The first-order valence-corrected chi connectivity index (χ1v) is 4.10. The van der Waals surface area contributed by atoms with E-state index in [4.69, 9.17) is 11.6 Å². The van der Waals surface area contributed by atoms with Crippen LogP contribution in [0.3, 0.4) is 0 Å². The summed E-state index contributed by atoms with van der Waals surface area (Å²) in [6, 6.07) is 0. The molecule has 11 heavy (non-hydrogen) atoms. The summed E-state index contributed by atoms with van der Waals surface area (Å²) in [7, 11) is 0. The smallest absolute Gasteiger partial charge is 0.0505 e. The lowest BCUT2D eigenvalue weighted by Gasteiger charge is -2.20. The molecule has 1 radical (unpaired) electrons. The van der Waals surface area contributed by atoms with Crippen molar-refractivity contribution in [2.75, 3.05) is 6.54 Å². The summed E-state index contributed by atoms with van der Waals surface area (Å²) in [6.07, 6.45) is 2.01. The summed E-state index contributed by atoms with van der Waals surface area (Å²) in [4.78, 5) is 0. The molecule has 1 nitrogen and oxygen atoms in total. The van der Waals surface area contributed by atoms with Gasteiger partial charge in [-0.1, -0.05) is 25.4 Å². The fourth-order valence-corrected chi connectivity index (χ4v) is 1.47. The van der Waals surface area contributed by atoms with Crippen molar-refractivity contribution in [3.05, 3.63) is 28.3 Å². The minimum Gasteiger partial charge on any atom is -0.383 e. The Morgan fingerprint density at radius 2 is 2.18 bits per heavy atom. The fourth-order valence-electron chi connectivity index (χ4n) is 1.24. The molecule has 1 aliphatic heterocycles. The van der Waals surface area contributed by atoms with Crippen LogP contribution in [0.4, 0.5) is 0 Å². The molecule has 61 valence electrons. The van der Waals surface area contributed by atoms with Crippen LogP contribution >= 0.6 is 11.6 Å². The third-order valence-corrected chi connectivity index (χ3v) is 1.94. The third kappa shape index (κ3) is 2.00. The first-order valence-electron chi connectivity index (χ1n) is 3.72. The average molecular weight is 171 g/mol. The number of halogens is 1. The van der Waals surface area contributed by atoms with Crippen LogP contribution in [0.15, 0.2) is 22.4 Å². The van der Waals surface area contributed by atoms with E-state index in [1.54, 1.807) is 0 Å². The Balaban J connectivity index is 2.86. The monoisotopic (exact) mass is 170 g/mol. The van der Waals surface area contributed by atoms with E-state index in [9.17, 15) is 0 Å². The van der Waals surface area contributed by atoms with Gasteiger partial charge in [-0.05, 0) is 18.6 Å². The minimum atomic E-state index is 0.763. The molecule has 0 fully saturated rings. The van der Waals surface area contributed by atoms with Crippen LogP contribution in [0.5, 0.6) is 0 Å². The standard InChI is InChI=1S/C9H13ClN/c1-6(2)9-7(3)4-8(10)5-11-9/h4,11H,5H2,1-3H3. The van der Waals surface area contributed by atoms with Gasteiger partial charge in [0.1, 0.15) is 0 Å². The normalized spacial score (nSPS) is 18.5. The summed E-state index contributed by atoms with van der Waals surface area (Å²) in [5.41, 5.74) is 2.45. The average Bonchev–Trinajstić information content (AvgIpc) is 1.85. The number of hydrogen-bond acceptors (Lipinski definition) is 1. The van der Waals surface area contributed by atoms with Crippen molar-refractivity contribution in [3.8, 4) is 0 Å². The molecule has 0 atom stereocenters. The van der Waals surface area contributed by atoms with Gasteiger partial charge in [-0.15, -0.1) is 0 Å². The van der Waals surface area contributed by atoms with Gasteiger partial charge in [-0.3, -0.25) is 0 Å². The molecule has 0 saturated heterocycles. The van der Waals surface area contributed by atoms with Crippen molar-refractivity contribution in [2.45, 2.75) is 20.8 Å². The molecule has 2 heteroatoms. The first kappa shape index (κ1) is 8.66. The fraction of sp³-hybridized carbons (Fsp3) is 0.444. The lowest BCUT2D eigenvalue weighted by atomic mass is 10.0. The largest absolute Gasteiger partial charge is 0.383 e. The molecule has 0 unspecified atom stereocenters. The predicted octanol–water partition coefficient (Wildman–Crippen LogP) is 2.60. The van der Waals surface area contributed by atoms with E-state index in [1.165, 1.54) is 17.2 Å². The van der Waals surface area contributed by atoms with Crippen LogP contribution in [0.1, 0.15) is 20.8 Å². The molecule has 1 heterocycles. The van der Waals surface area contributed by atoms with Crippen molar-refractivity contribution in [1.29, 1.82) is 0 Å². The maximum absolute atomic E-state index is 5.84. The van der Waals surface area contributed by atoms with E-state index in [2.05, 4.69) is 26.1 Å². The number of nitrogens with one attached hydrogen (secondary N) is 1. The van der Waals surface area contributed by atoms with E-state index < -0.39 is 0 Å². The van der Waals surface area contributed by atoms with Crippen LogP contribution in [0.25, 0.3) is 0 Å². The molecule has 1 rings (SSSR count). The molecule has 0 saturated carbocycles. The maximum atomic E-state index is 5.84. The van der Waals surface area contributed by atoms with Gasteiger partial charge in [0, 0.05) is 16.6 Å². The van der Waals surface area contributed by atoms with E-state index in [-0.39, 0.29) is 0 Å². The molecule has 0 aromatic carbocycles. The van der Waals surface area contributed by atoms with Gasteiger partial charge < -0.3 is 5.32 Å². The van der Waals surface area contributed by atoms with Gasteiger partial charge in [-0.25, -0.2) is 0 Å². The Morgan fingerprint density at radius 1 is 1.55 bits per heavy atom. The highest BCUT2D eigenvalue weighted by Crippen LogP contribution is 2.20. The quantitative estimate of drug-likeness (QED) is 0.638. The zero-order chi connectivity index (χ0) is 8.43. The predicted molar refractivity (Wildman–Crippen MR) is 49.2 cm³/mol. The molecule has 0 spiro atoms. The van der Waals surface area contributed by atoms with Gasteiger partial charge in [0.2, 0.25) is 0 Å². The molecule has 0 aromatic rings. The second kappa shape index (κ2) is 3.31. The summed E-state index contributed by atoms with van der Waals surface area (Å²) in [6.45, 7) is 7.02. The van der Waals surface area contributed by atoms with E-state index in [1.807, 2.05) is 6.08 Å². The van der Waals surface area contributed by atoms with Gasteiger partial charge in [0.25, 0.3) is 0 Å². The summed E-state index contributed by atoms with van der Waals surface area (Å²) in [5, 5.41) is 4.14. The second-order valence-corrected chi connectivity index (χ2v) is 3.49. The highest BCUT2D eigenvalue weighted by Gasteiger charge is 2.10. The van der Waals surface area contributed by atoms with Crippen molar-refractivity contribution in [1.82, 2.24) is 5.32 Å². The summed E-state index contributed by atoms with van der Waals surface area (Å²) < 4.78 is 0. The van der Waals surface area contributed by atoms with Crippen molar-refractivity contribution >= 4 is 11.6 Å². The Labute approximate surface area is 73.1 Å². The highest BCUT2D eigenvalue weighted by molar-refractivity contribution is 6.30. The Hall–Kier alpha value is -0.430. The highest BCUT2D eigenvalue weighted by atomic mass is 35.5. The minimum absolute atomic E-state index is 0.763. The summed E-state index contributed by atoms with van der Waals surface area (Å²) in [5.74, 6) is 1.31. The molecule has 0 amide bonds. The topological polar surface area (TPSA) is 12.0 Å². The lowest BCUT2D eigenvalue weighted by Crippen LogP contribution is -2.22. The van der Waals surface area contributed by atoms with Gasteiger partial charge in [0.05, 0.1) is 6.54 Å². The lowest BCUT2D eigenvalue weighted by molar-refractivity contribution is 0.826. The Bertz CT molecular complexity index is 214. The van der Waals surface area contributed by atoms with E-state index in [0.29, 0.717) is 0 Å². The van der Waals surface area contributed by atoms with Crippen molar-refractivity contribution in [2.24, 2.45) is 0 Å². The number of hydrogen-bond donors (Lipinski definition) is 1. The Morgan fingerprint density at radius 3 is 2.64 bits per heavy atom. The van der Waals surface area contributed by atoms with Crippen molar-refractivity contribution < 1.29 is 0 Å². The van der Waals surface area contributed by atoms with Gasteiger partial charge in [-0.2, -0.15) is 0 Å². The molecule has 0 bridgehead atoms. The molecule has 0 aliphatic carbocycles. The van der Waals surface area contributed by atoms with Gasteiger partial charge in [0.15, 0.2) is 0 Å². The zero-order valence-corrected chi connectivity index (χ0v) is 7.92. The number of allylic oxidation sites excluding steroid dienone is 3. The molecule has 1 N–H and O–H groups in total. The van der Waals surface area contributed by atoms with Crippen molar-refractivity contribution in [3.63, 3.8) is 0 Å². The maximum Gasteiger partial charge on any atom is 0.0505 e. The molecular weight excluding hydrogens is 158 g/mol. The van der Waals surface area contributed by atoms with Crippen LogP contribution < -0.4 is 5.32 Å². The number of dihydropyridines is 1. The SMILES string of the molecule is C[C](C)C1=C(C)C=C(Cl)CN1. The first-order chi connectivity index (χ1) is 5.11.